The first-order chi connectivity index (χ1) is 16.6. The standard InChI is InChI=1S/C27H34N2O6/c1-5-27(17-34-4,23(30)28-15-14-26(2,3)24(31)32)29-25(33)35-16-22-20-12-8-6-10-18(20)19-11-7-9-13-21(19)22/h6-13,22H,5,14-17H2,1-4H3,(H,28,30)(H,29,33)(H,31,32). The maximum atomic E-state index is 13.1. The van der Waals surface area contributed by atoms with Crippen LogP contribution in [0.1, 0.15) is 50.7 Å². The number of rotatable bonds is 11. The molecule has 0 bridgehead atoms. The van der Waals surface area contributed by atoms with Crippen molar-refractivity contribution >= 4 is 18.0 Å². The molecule has 35 heavy (non-hydrogen) atoms. The van der Waals surface area contributed by atoms with Gasteiger partial charge in [0.1, 0.15) is 12.1 Å². The molecular formula is C27H34N2O6. The second-order valence-corrected chi connectivity index (χ2v) is 9.51. The molecule has 3 N–H and O–H groups in total. The molecule has 1 aliphatic rings. The Kier molecular flexibility index (Phi) is 8.17. The number of amides is 2. The topological polar surface area (TPSA) is 114 Å². The van der Waals surface area contributed by atoms with Gasteiger partial charge in [-0.25, -0.2) is 4.79 Å². The molecule has 0 radical (unpaired) electrons. The Balaban J connectivity index is 1.67. The highest BCUT2D eigenvalue weighted by Gasteiger charge is 2.40. The zero-order chi connectivity index (χ0) is 25.6. The fourth-order valence-electron chi connectivity index (χ4n) is 4.35. The van der Waals surface area contributed by atoms with Gasteiger partial charge in [-0.2, -0.15) is 0 Å². The van der Waals surface area contributed by atoms with Crippen LogP contribution in [0, 0.1) is 5.41 Å². The molecule has 2 aromatic carbocycles. The number of fused-ring (bicyclic) bond motifs is 3. The van der Waals surface area contributed by atoms with Crippen LogP contribution in [0.4, 0.5) is 4.79 Å². The normalized spacial score (nSPS) is 14.4. The molecular weight excluding hydrogens is 448 g/mol. The molecule has 0 saturated heterocycles. The van der Waals surface area contributed by atoms with E-state index in [2.05, 4.69) is 22.8 Å². The lowest BCUT2D eigenvalue weighted by Gasteiger charge is -2.32. The van der Waals surface area contributed by atoms with Crippen LogP contribution in [0.5, 0.6) is 0 Å². The van der Waals surface area contributed by atoms with Crippen LogP contribution in [0.15, 0.2) is 48.5 Å². The molecule has 0 aromatic heterocycles. The van der Waals surface area contributed by atoms with Crippen molar-refractivity contribution in [1.29, 1.82) is 0 Å². The van der Waals surface area contributed by atoms with Gasteiger partial charge >= 0.3 is 12.1 Å². The number of hydrogen-bond donors (Lipinski definition) is 3. The van der Waals surface area contributed by atoms with Crippen molar-refractivity contribution in [3.8, 4) is 11.1 Å². The fraction of sp³-hybridized carbons (Fsp3) is 0.444. The second-order valence-electron chi connectivity index (χ2n) is 9.51. The number of benzene rings is 2. The number of carbonyl (C=O) groups excluding carboxylic acids is 2. The Morgan fingerprint density at radius 3 is 2.09 bits per heavy atom. The molecule has 1 aliphatic carbocycles. The van der Waals surface area contributed by atoms with Crippen molar-refractivity contribution in [1.82, 2.24) is 10.6 Å². The van der Waals surface area contributed by atoms with E-state index in [4.69, 9.17) is 9.47 Å². The van der Waals surface area contributed by atoms with Crippen molar-refractivity contribution in [2.45, 2.75) is 45.1 Å². The Morgan fingerprint density at radius 2 is 1.57 bits per heavy atom. The van der Waals surface area contributed by atoms with E-state index >= 15 is 0 Å². The SMILES string of the molecule is CCC(COC)(NC(=O)OCC1c2ccccc2-c2ccccc21)C(=O)NCCC(C)(C)C(=O)O. The maximum Gasteiger partial charge on any atom is 0.408 e. The van der Waals surface area contributed by atoms with Crippen LogP contribution in [-0.4, -0.2) is 55.5 Å². The molecule has 8 nitrogen and oxygen atoms in total. The predicted molar refractivity (Wildman–Crippen MR) is 132 cm³/mol. The summed E-state index contributed by atoms with van der Waals surface area (Å²) in [4.78, 5) is 37.2. The predicted octanol–water partition coefficient (Wildman–Crippen LogP) is 3.94. The largest absolute Gasteiger partial charge is 0.481 e. The number of ether oxygens (including phenoxy) is 2. The number of alkyl carbamates (subject to hydrolysis) is 1. The molecule has 8 heteroatoms. The van der Waals surface area contributed by atoms with Crippen LogP contribution < -0.4 is 10.6 Å². The average Bonchev–Trinajstić information content (AvgIpc) is 3.16. The van der Waals surface area contributed by atoms with Crippen LogP contribution in [0.25, 0.3) is 11.1 Å². The van der Waals surface area contributed by atoms with Crippen LogP contribution >= 0.6 is 0 Å². The molecule has 0 heterocycles. The fourth-order valence-corrected chi connectivity index (χ4v) is 4.35. The minimum Gasteiger partial charge on any atom is -0.481 e. The van der Waals surface area contributed by atoms with Crippen LogP contribution in [0.3, 0.4) is 0 Å². The zero-order valence-corrected chi connectivity index (χ0v) is 20.7. The summed E-state index contributed by atoms with van der Waals surface area (Å²) in [5.41, 5.74) is 2.12. The number of hydrogen-bond acceptors (Lipinski definition) is 5. The summed E-state index contributed by atoms with van der Waals surface area (Å²) in [5.74, 6) is -1.49. The van der Waals surface area contributed by atoms with Gasteiger partial charge in [-0.15, -0.1) is 0 Å². The molecule has 188 valence electrons. The highest BCUT2D eigenvalue weighted by atomic mass is 16.5. The first-order valence-electron chi connectivity index (χ1n) is 11.8. The van der Waals surface area contributed by atoms with Crippen molar-refractivity contribution in [3.63, 3.8) is 0 Å². The molecule has 0 spiro atoms. The quantitative estimate of drug-likeness (QED) is 0.447. The third-order valence-corrected chi connectivity index (χ3v) is 6.73. The first kappa shape index (κ1) is 26.2. The number of carboxylic acid groups (broad SMARTS) is 1. The van der Waals surface area contributed by atoms with Gasteiger partial charge in [0.15, 0.2) is 0 Å². The Hall–Kier alpha value is -3.39. The van der Waals surface area contributed by atoms with Gasteiger partial charge in [0.25, 0.3) is 0 Å². The van der Waals surface area contributed by atoms with Gasteiger partial charge in [0.2, 0.25) is 5.91 Å². The molecule has 3 rings (SSSR count). The second kappa shape index (κ2) is 10.9. The summed E-state index contributed by atoms with van der Waals surface area (Å²) in [6.07, 6.45) is -0.211. The van der Waals surface area contributed by atoms with E-state index in [1.54, 1.807) is 20.8 Å². The zero-order valence-electron chi connectivity index (χ0n) is 20.7. The van der Waals surface area contributed by atoms with Gasteiger partial charge in [0, 0.05) is 19.6 Å². The summed E-state index contributed by atoms with van der Waals surface area (Å²) >= 11 is 0. The number of methoxy groups -OCH3 is 1. The minimum atomic E-state index is -1.34. The molecule has 2 amide bonds. The number of aliphatic carboxylic acids is 1. The highest BCUT2D eigenvalue weighted by Crippen LogP contribution is 2.44. The van der Waals surface area contributed by atoms with Crippen molar-refractivity contribution < 1.29 is 29.0 Å². The lowest BCUT2D eigenvalue weighted by molar-refractivity contribution is -0.147. The van der Waals surface area contributed by atoms with Gasteiger partial charge < -0.3 is 25.2 Å². The van der Waals surface area contributed by atoms with Gasteiger partial charge in [-0.05, 0) is 48.9 Å². The molecule has 0 fully saturated rings. The molecule has 2 aromatic rings. The number of carbonyl (C=O) groups is 3. The summed E-state index contributed by atoms with van der Waals surface area (Å²) in [6.45, 7) is 5.18. The van der Waals surface area contributed by atoms with E-state index in [1.165, 1.54) is 7.11 Å². The Bertz CT molecular complexity index is 1040. The highest BCUT2D eigenvalue weighted by molar-refractivity contribution is 5.90. The van der Waals surface area contributed by atoms with Gasteiger partial charge in [-0.1, -0.05) is 55.5 Å². The maximum absolute atomic E-state index is 13.1. The van der Waals surface area contributed by atoms with Crippen molar-refractivity contribution in [2.75, 3.05) is 26.9 Å². The van der Waals surface area contributed by atoms with E-state index < -0.39 is 28.9 Å². The molecule has 1 unspecified atom stereocenters. The Labute approximate surface area is 206 Å². The Morgan fingerprint density at radius 1 is 1.00 bits per heavy atom. The molecule has 0 aliphatic heterocycles. The minimum absolute atomic E-state index is 0.0537. The number of carboxylic acids is 1. The molecule has 0 saturated carbocycles. The third kappa shape index (κ3) is 5.65. The summed E-state index contributed by atoms with van der Waals surface area (Å²) in [7, 11) is 1.45. The smallest absolute Gasteiger partial charge is 0.408 e. The van der Waals surface area contributed by atoms with Crippen LogP contribution in [0.2, 0.25) is 0 Å². The van der Waals surface area contributed by atoms with Crippen LogP contribution in [-0.2, 0) is 19.1 Å². The third-order valence-electron chi connectivity index (χ3n) is 6.73. The first-order valence-corrected chi connectivity index (χ1v) is 11.8. The summed E-state index contributed by atoms with van der Waals surface area (Å²) in [6, 6.07) is 16.1. The number of nitrogens with one attached hydrogen (secondary N) is 2. The van der Waals surface area contributed by atoms with E-state index in [0.29, 0.717) is 0 Å². The van der Waals surface area contributed by atoms with Crippen molar-refractivity contribution in [2.24, 2.45) is 5.41 Å². The van der Waals surface area contributed by atoms with Gasteiger partial charge in [-0.3, -0.25) is 9.59 Å². The summed E-state index contributed by atoms with van der Waals surface area (Å²) in [5, 5.41) is 14.7. The van der Waals surface area contributed by atoms with E-state index in [-0.39, 0.29) is 38.5 Å². The molecule has 1 atom stereocenters. The van der Waals surface area contributed by atoms with E-state index in [1.807, 2.05) is 36.4 Å². The van der Waals surface area contributed by atoms with E-state index in [9.17, 15) is 19.5 Å². The lowest BCUT2D eigenvalue weighted by Crippen LogP contribution is -2.61. The monoisotopic (exact) mass is 482 g/mol. The van der Waals surface area contributed by atoms with E-state index in [0.717, 1.165) is 22.3 Å². The van der Waals surface area contributed by atoms with Crippen molar-refractivity contribution in [3.05, 3.63) is 59.7 Å². The van der Waals surface area contributed by atoms with Gasteiger partial charge in [0.05, 0.1) is 12.0 Å². The lowest BCUT2D eigenvalue weighted by atomic mass is 9.89. The average molecular weight is 483 g/mol. The summed E-state index contributed by atoms with van der Waals surface area (Å²) < 4.78 is 10.9.